The van der Waals surface area contributed by atoms with Crippen molar-refractivity contribution < 1.29 is 32.3 Å². The van der Waals surface area contributed by atoms with Gasteiger partial charge in [0.1, 0.15) is 12.6 Å². The highest BCUT2D eigenvalue weighted by Crippen LogP contribution is 2.38. The Kier molecular flexibility index (Phi) is 9.22. The van der Waals surface area contributed by atoms with E-state index < -0.39 is 41.2 Å². The smallest absolute Gasteiger partial charge is 0.370 e. The van der Waals surface area contributed by atoms with Crippen molar-refractivity contribution in [3.63, 3.8) is 0 Å². The Balaban J connectivity index is 1.39. The van der Waals surface area contributed by atoms with E-state index >= 15 is 0 Å². The highest BCUT2D eigenvalue weighted by atomic mass is 35.5. The molecule has 41 heavy (non-hydrogen) atoms. The van der Waals surface area contributed by atoms with Crippen molar-refractivity contribution in [3.05, 3.63) is 45.1 Å². The summed E-state index contributed by atoms with van der Waals surface area (Å²) in [5.41, 5.74) is -1.36. The van der Waals surface area contributed by atoms with Gasteiger partial charge in [-0.25, -0.2) is 0 Å². The summed E-state index contributed by atoms with van der Waals surface area (Å²) in [6, 6.07) is 5.77. The number of anilines is 2. The molecule has 1 aliphatic heterocycles. The number of alkyl halides is 3. The van der Waals surface area contributed by atoms with Gasteiger partial charge in [-0.2, -0.15) is 13.2 Å². The molecule has 2 aromatic rings. The van der Waals surface area contributed by atoms with Crippen LogP contribution in [0.2, 0.25) is 4.34 Å². The van der Waals surface area contributed by atoms with Crippen molar-refractivity contribution in [3.8, 4) is 0 Å². The van der Waals surface area contributed by atoms with Crippen molar-refractivity contribution in [2.75, 3.05) is 49.6 Å². The molecule has 3 amide bonds. The van der Waals surface area contributed by atoms with Gasteiger partial charge in [0.15, 0.2) is 0 Å². The molecule has 0 unspecified atom stereocenters. The summed E-state index contributed by atoms with van der Waals surface area (Å²) in [7, 11) is 0. The number of ether oxygens (including phenoxy) is 1. The first-order valence-corrected chi connectivity index (χ1v) is 15.0. The van der Waals surface area contributed by atoms with Crippen LogP contribution in [-0.4, -0.2) is 68.1 Å². The fraction of sp³-hybridized carbons (Fsp3) is 0.536. The van der Waals surface area contributed by atoms with Crippen LogP contribution in [-0.2, 0) is 20.5 Å². The van der Waals surface area contributed by atoms with Gasteiger partial charge in [0.25, 0.3) is 11.8 Å². The SMILES string of the molecule is O=C(NC[C@H](C(=O)Nc1ccc(N2CCOCC2=O)cc1C(F)(F)F)N(CC1CCC1)CC1CC1)c1ccc(Cl)s1. The lowest BCUT2D eigenvalue weighted by Gasteiger charge is -2.37. The number of carbonyl (C=O) groups excluding carboxylic acids is 3. The lowest BCUT2D eigenvalue weighted by atomic mass is 9.84. The average molecular weight is 613 g/mol. The Labute approximate surface area is 245 Å². The van der Waals surface area contributed by atoms with Gasteiger partial charge < -0.3 is 20.3 Å². The maximum atomic E-state index is 14.2. The molecule has 0 radical (unpaired) electrons. The topological polar surface area (TPSA) is 91.0 Å². The molecule has 8 nitrogen and oxygen atoms in total. The predicted octanol–water partition coefficient (Wildman–Crippen LogP) is 5.03. The van der Waals surface area contributed by atoms with Gasteiger partial charge in [-0.15, -0.1) is 11.3 Å². The molecule has 222 valence electrons. The maximum absolute atomic E-state index is 14.2. The number of amides is 3. The van der Waals surface area contributed by atoms with Crippen LogP contribution in [0.25, 0.3) is 0 Å². The number of morpholine rings is 1. The minimum absolute atomic E-state index is 0.0681. The number of carbonyl (C=O) groups is 3. The number of hydrogen-bond donors (Lipinski definition) is 2. The lowest BCUT2D eigenvalue weighted by Crippen LogP contribution is -2.53. The number of hydrogen-bond acceptors (Lipinski definition) is 6. The van der Waals surface area contributed by atoms with E-state index in [-0.39, 0.29) is 32.0 Å². The summed E-state index contributed by atoms with van der Waals surface area (Å²) < 4.78 is 48.1. The monoisotopic (exact) mass is 612 g/mol. The molecule has 3 aliphatic rings. The van der Waals surface area contributed by atoms with Crippen molar-refractivity contribution in [2.24, 2.45) is 11.8 Å². The van der Waals surface area contributed by atoms with E-state index in [1.54, 1.807) is 12.1 Å². The third-order valence-corrected chi connectivity index (χ3v) is 9.00. The largest absolute Gasteiger partial charge is 0.418 e. The van der Waals surface area contributed by atoms with E-state index in [9.17, 15) is 27.6 Å². The molecule has 2 saturated carbocycles. The number of benzene rings is 1. The van der Waals surface area contributed by atoms with Crippen molar-refractivity contribution in [2.45, 2.75) is 44.3 Å². The first kappa shape index (κ1) is 29.8. The minimum Gasteiger partial charge on any atom is -0.370 e. The molecule has 2 N–H and O–H groups in total. The average Bonchev–Trinajstić information content (AvgIpc) is 3.62. The third-order valence-electron chi connectivity index (χ3n) is 7.77. The summed E-state index contributed by atoms with van der Waals surface area (Å²) >= 11 is 7.08. The molecule has 0 bridgehead atoms. The first-order chi connectivity index (χ1) is 19.6. The van der Waals surface area contributed by atoms with Crippen LogP contribution in [0.5, 0.6) is 0 Å². The quantitative estimate of drug-likeness (QED) is 0.371. The molecule has 2 aliphatic carbocycles. The van der Waals surface area contributed by atoms with E-state index in [0.29, 0.717) is 34.1 Å². The summed E-state index contributed by atoms with van der Waals surface area (Å²) in [5.74, 6) is -0.628. The first-order valence-electron chi connectivity index (χ1n) is 13.8. The van der Waals surface area contributed by atoms with Gasteiger partial charge in [0.05, 0.1) is 27.1 Å². The van der Waals surface area contributed by atoms with Crippen molar-refractivity contribution in [1.29, 1.82) is 0 Å². The third kappa shape index (κ3) is 7.59. The second kappa shape index (κ2) is 12.7. The summed E-state index contributed by atoms with van der Waals surface area (Å²) in [6.45, 7) is 1.36. The Bertz CT molecular complexity index is 1280. The van der Waals surface area contributed by atoms with Crippen LogP contribution in [0.4, 0.5) is 24.5 Å². The maximum Gasteiger partial charge on any atom is 0.418 e. The van der Waals surface area contributed by atoms with E-state index in [0.717, 1.165) is 49.5 Å². The van der Waals surface area contributed by atoms with Gasteiger partial charge in [-0.3, -0.25) is 19.3 Å². The van der Waals surface area contributed by atoms with Crippen LogP contribution in [0, 0.1) is 11.8 Å². The predicted molar refractivity (Wildman–Crippen MR) is 150 cm³/mol. The zero-order valence-electron chi connectivity index (χ0n) is 22.3. The highest BCUT2D eigenvalue weighted by Gasteiger charge is 2.38. The second-order valence-corrected chi connectivity index (χ2v) is 12.6. The molecule has 5 rings (SSSR count). The zero-order chi connectivity index (χ0) is 29.1. The molecule has 0 spiro atoms. The molecule has 1 saturated heterocycles. The van der Waals surface area contributed by atoms with Gasteiger partial charge >= 0.3 is 6.18 Å². The highest BCUT2D eigenvalue weighted by molar-refractivity contribution is 7.18. The van der Waals surface area contributed by atoms with E-state index in [1.165, 1.54) is 17.0 Å². The molecule has 2 heterocycles. The Hall–Kier alpha value is -2.67. The fourth-order valence-electron chi connectivity index (χ4n) is 5.12. The molecule has 1 aromatic heterocycles. The minimum atomic E-state index is -4.78. The van der Waals surface area contributed by atoms with Crippen LogP contribution in [0.1, 0.15) is 47.3 Å². The van der Waals surface area contributed by atoms with Crippen molar-refractivity contribution in [1.82, 2.24) is 10.2 Å². The normalized spacial score (nSPS) is 18.8. The summed E-state index contributed by atoms with van der Waals surface area (Å²) in [6.07, 6.45) is 0.480. The van der Waals surface area contributed by atoms with Gasteiger partial charge in [0.2, 0.25) is 5.91 Å². The van der Waals surface area contributed by atoms with Crippen LogP contribution >= 0.6 is 22.9 Å². The van der Waals surface area contributed by atoms with Gasteiger partial charge in [0, 0.05) is 31.9 Å². The lowest BCUT2D eigenvalue weighted by molar-refractivity contribution is -0.137. The van der Waals surface area contributed by atoms with Gasteiger partial charge in [-0.05, 0) is 67.9 Å². The van der Waals surface area contributed by atoms with Gasteiger partial charge in [-0.1, -0.05) is 18.0 Å². The molecular formula is C28H32ClF3N4O4S. The number of halogens is 4. The van der Waals surface area contributed by atoms with Crippen LogP contribution < -0.4 is 15.5 Å². The molecule has 1 aromatic carbocycles. The summed E-state index contributed by atoms with van der Waals surface area (Å²) in [5, 5.41) is 5.31. The van der Waals surface area contributed by atoms with E-state index in [1.807, 2.05) is 4.90 Å². The summed E-state index contributed by atoms with van der Waals surface area (Å²) in [4.78, 5) is 42.4. The molecule has 13 heteroatoms. The van der Waals surface area contributed by atoms with E-state index in [4.69, 9.17) is 16.3 Å². The molecular weight excluding hydrogens is 581 g/mol. The van der Waals surface area contributed by atoms with Crippen molar-refractivity contribution >= 4 is 52.0 Å². The molecule has 1 atom stereocenters. The number of rotatable bonds is 11. The second-order valence-electron chi connectivity index (χ2n) is 10.8. The van der Waals surface area contributed by atoms with Crippen LogP contribution in [0.15, 0.2) is 30.3 Å². The molecule has 3 fully saturated rings. The zero-order valence-corrected chi connectivity index (χ0v) is 23.9. The Morgan fingerprint density at radius 2 is 1.85 bits per heavy atom. The Morgan fingerprint density at radius 3 is 2.44 bits per heavy atom. The fourth-order valence-corrected chi connectivity index (χ4v) is 6.08. The number of thiophene rings is 1. The number of nitrogens with zero attached hydrogens (tertiary/aromatic N) is 2. The number of nitrogens with one attached hydrogen (secondary N) is 2. The van der Waals surface area contributed by atoms with E-state index in [2.05, 4.69) is 10.6 Å². The van der Waals surface area contributed by atoms with Crippen LogP contribution in [0.3, 0.4) is 0 Å². The Morgan fingerprint density at radius 1 is 1.12 bits per heavy atom. The standard InChI is InChI=1S/C28H32ClF3N4O4S/c29-24-9-8-23(41-24)27(39)33-13-22(35(15-18-4-5-18)14-17-2-1-3-17)26(38)34-21-7-6-19(12-20(21)28(30,31)32)36-10-11-40-16-25(36)37/h6-9,12,17-18,22H,1-5,10-11,13-16H2,(H,33,39)(H,34,38)/t22-/m1/s1.